The van der Waals surface area contributed by atoms with Gasteiger partial charge in [0.2, 0.25) is 0 Å². The normalized spacial score (nSPS) is 18.1. The zero-order valence-corrected chi connectivity index (χ0v) is 16.9. The van der Waals surface area contributed by atoms with E-state index in [-0.39, 0.29) is 17.6 Å². The van der Waals surface area contributed by atoms with Crippen molar-refractivity contribution in [3.63, 3.8) is 0 Å². The monoisotopic (exact) mass is 355 g/mol. The fraction of sp³-hybridized carbons (Fsp3) is 0.522. The van der Waals surface area contributed by atoms with E-state index in [9.17, 15) is 4.79 Å². The highest BCUT2D eigenvalue weighted by Crippen LogP contribution is 2.34. The molecule has 26 heavy (non-hydrogen) atoms. The molecule has 1 unspecified atom stereocenters. The summed E-state index contributed by atoms with van der Waals surface area (Å²) in [5.41, 5.74) is 3.37. The van der Waals surface area contributed by atoms with Crippen LogP contribution in [0.3, 0.4) is 0 Å². The molecule has 1 aliphatic heterocycles. The van der Waals surface area contributed by atoms with Crippen molar-refractivity contribution in [3.05, 3.63) is 59.2 Å². The fourth-order valence-corrected chi connectivity index (χ4v) is 3.30. The molecule has 1 atom stereocenters. The van der Waals surface area contributed by atoms with Crippen LogP contribution >= 0.6 is 0 Å². The van der Waals surface area contributed by atoms with Crippen LogP contribution < -0.4 is 0 Å². The molecule has 0 saturated carbocycles. The Bertz CT molecular complexity index is 654. The minimum absolute atomic E-state index is 0.0606. The molecule has 1 aromatic rings. The molecule has 0 N–H and O–H groups in total. The molecule has 1 aliphatic rings. The lowest BCUT2D eigenvalue weighted by atomic mass is 9.85. The van der Waals surface area contributed by atoms with E-state index in [1.807, 2.05) is 35.2 Å². The van der Waals surface area contributed by atoms with E-state index in [1.165, 1.54) is 11.1 Å². The molecule has 1 aromatic carbocycles. The first-order valence-corrected chi connectivity index (χ1v) is 9.58. The second-order valence-electron chi connectivity index (χ2n) is 8.15. The molecule has 0 radical (unpaired) electrons. The lowest BCUT2D eigenvalue weighted by Crippen LogP contribution is -2.45. The van der Waals surface area contributed by atoms with Crippen molar-refractivity contribution in [1.29, 1.82) is 0 Å². The predicted octanol–water partition coefficient (Wildman–Crippen LogP) is 5.59. The Hall–Kier alpha value is -1.87. The maximum absolute atomic E-state index is 12.9. The lowest BCUT2D eigenvalue weighted by Gasteiger charge is -2.36. The van der Waals surface area contributed by atoms with Crippen molar-refractivity contribution in [2.75, 3.05) is 13.2 Å². The van der Waals surface area contributed by atoms with Crippen LogP contribution in [-0.4, -0.2) is 30.2 Å². The minimum Gasteiger partial charge on any atom is -0.356 e. The number of allylic oxidation sites excluding steroid dienone is 4. The number of amides is 1. The van der Waals surface area contributed by atoms with Gasteiger partial charge < -0.3 is 9.64 Å². The molecular weight excluding hydrogens is 322 g/mol. The molecule has 3 heteroatoms. The Labute approximate surface area is 158 Å². The van der Waals surface area contributed by atoms with E-state index in [0.717, 1.165) is 24.8 Å². The van der Waals surface area contributed by atoms with Gasteiger partial charge in [0.1, 0.15) is 6.23 Å². The van der Waals surface area contributed by atoms with Crippen molar-refractivity contribution in [3.8, 4) is 0 Å². The summed E-state index contributed by atoms with van der Waals surface area (Å²) in [7, 11) is 0. The van der Waals surface area contributed by atoms with Gasteiger partial charge >= 0.3 is 0 Å². The second kappa shape index (κ2) is 9.18. The Morgan fingerprint density at radius 3 is 2.54 bits per heavy atom. The summed E-state index contributed by atoms with van der Waals surface area (Å²) in [6.07, 6.45) is 7.48. The molecule has 0 spiro atoms. The minimum atomic E-state index is -0.183. The summed E-state index contributed by atoms with van der Waals surface area (Å²) in [6.45, 7) is 12.1. The number of hydrogen-bond acceptors (Lipinski definition) is 2. The number of carbonyl (C=O) groups excluding carboxylic acids is 1. The third-order valence-electron chi connectivity index (χ3n) is 4.91. The molecule has 1 saturated heterocycles. The van der Waals surface area contributed by atoms with Gasteiger partial charge in [0.25, 0.3) is 5.91 Å². The number of rotatable bonds is 7. The summed E-state index contributed by atoms with van der Waals surface area (Å²) in [5.74, 6) is 0.0606. The van der Waals surface area contributed by atoms with Crippen LogP contribution in [0.2, 0.25) is 0 Å². The first-order valence-electron chi connectivity index (χ1n) is 9.58. The third-order valence-corrected chi connectivity index (χ3v) is 4.91. The average molecular weight is 356 g/mol. The van der Waals surface area contributed by atoms with Gasteiger partial charge in [-0.1, -0.05) is 55.3 Å². The Morgan fingerprint density at radius 2 is 1.88 bits per heavy atom. The largest absolute Gasteiger partial charge is 0.356 e. The molecule has 1 heterocycles. The van der Waals surface area contributed by atoms with E-state index in [4.69, 9.17) is 4.74 Å². The van der Waals surface area contributed by atoms with Gasteiger partial charge in [0.05, 0.1) is 6.61 Å². The second-order valence-corrected chi connectivity index (χ2v) is 8.15. The molecule has 1 fully saturated rings. The standard InChI is InChI=1S/C23H33NO2/c1-18(2)10-9-11-19(3)14-15-23(4,5)22-24(16-17-26-22)21(25)20-12-7-6-8-13-20/h6-8,10,12-14,22H,9,11,15-17H2,1-5H3. The van der Waals surface area contributed by atoms with Crippen LogP contribution in [-0.2, 0) is 4.74 Å². The van der Waals surface area contributed by atoms with E-state index in [0.29, 0.717) is 13.2 Å². The summed E-state index contributed by atoms with van der Waals surface area (Å²) < 4.78 is 5.98. The molecule has 1 amide bonds. The van der Waals surface area contributed by atoms with E-state index in [2.05, 4.69) is 46.8 Å². The Morgan fingerprint density at radius 1 is 1.19 bits per heavy atom. The highest BCUT2D eigenvalue weighted by Gasteiger charge is 2.40. The van der Waals surface area contributed by atoms with Crippen LogP contribution in [0.25, 0.3) is 0 Å². The predicted molar refractivity (Wildman–Crippen MR) is 108 cm³/mol. The van der Waals surface area contributed by atoms with E-state index < -0.39 is 0 Å². The average Bonchev–Trinajstić information content (AvgIpc) is 3.10. The van der Waals surface area contributed by atoms with Gasteiger partial charge in [0, 0.05) is 17.5 Å². The number of benzene rings is 1. The van der Waals surface area contributed by atoms with Crippen LogP contribution in [0.15, 0.2) is 53.6 Å². The van der Waals surface area contributed by atoms with Crippen molar-refractivity contribution in [2.24, 2.45) is 5.41 Å². The van der Waals surface area contributed by atoms with Gasteiger partial charge in [-0.25, -0.2) is 0 Å². The molecule has 0 bridgehead atoms. The Kier molecular flexibility index (Phi) is 7.22. The molecule has 142 valence electrons. The highest BCUT2D eigenvalue weighted by molar-refractivity contribution is 5.94. The van der Waals surface area contributed by atoms with Gasteiger partial charge in [-0.3, -0.25) is 4.79 Å². The van der Waals surface area contributed by atoms with Gasteiger partial charge in [0.15, 0.2) is 0 Å². The smallest absolute Gasteiger partial charge is 0.255 e. The molecule has 2 rings (SSSR count). The first-order chi connectivity index (χ1) is 12.3. The van der Waals surface area contributed by atoms with Crippen molar-refractivity contribution in [2.45, 2.75) is 60.1 Å². The van der Waals surface area contributed by atoms with Crippen molar-refractivity contribution in [1.82, 2.24) is 4.90 Å². The fourth-order valence-electron chi connectivity index (χ4n) is 3.30. The Balaban J connectivity index is 2.02. The van der Waals surface area contributed by atoms with Gasteiger partial charge in [-0.2, -0.15) is 0 Å². The zero-order chi connectivity index (χ0) is 19.2. The van der Waals surface area contributed by atoms with Crippen LogP contribution in [0.4, 0.5) is 0 Å². The highest BCUT2D eigenvalue weighted by atomic mass is 16.5. The first kappa shape index (κ1) is 20.4. The number of ether oxygens (including phenoxy) is 1. The molecule has 0 aliphatic carbocycles. The van der Waals surface area contributed by atoms with Crippen LogP contribution in [0.1, 0.15) is 64.2 Å². The zero-order valence-electron chi connectivity index (χ0n) is 16.9. The van der Waals surface area contributed by atoms with Crippen molar-refractivity contribution >= 4 is 5.91 Å². The molecular formula is C23H33NO2. The lowest BCUT2D eigenvalue weighted by molar-refractivity contribution is -0.0425. The van der Waals surface area contributed by atoms with Crippen LogP contribution in [0.5, 0.6) is 0 Å². The van der Waals surface area contributed by atoms with Crippen LogP contribution in [0, 0.1) is 5.41 Å². The third kappa shape index (κ3) is 5.57. The SMILES string of the molecule is CC(C)=CCCC(C)=CCC(C)(C)C1OCCN1C(=O)c1ccccc1. The summed E-state index contributed by atoms with van der Waals surface area (Å²) in [6, 6.07) is 9.49. The molecule has 3 nitrogen and oxygen atoms in total. The number of hydrogen-bond donors (Lipinski definition) is 0. The maximum atomic E-state index is 12.9. The molecule has 0 aromatic heterocycles. The summed E-state index contributed by atoms with van der Waals surface area (Å²) in [5, 5.41) is 0. The van der Waals surface area contributed by atoms with Gasteiger partial charge in [-0.05, 0) is 52.2 Å². The van der Waals surface area contributed by atoms with E-state index in [1.54, 1.807) is 0 Å². The summed E-state index contributed by atoms with van der Waals surface area (Å²) in [4.78, 5) is 14.8. The number of nitrogens with zero attached hydrogens (tertiary/aromatic N) is 1. The quantitative estimate of drug-likeness (QED) is 0.596. The van der Waals surface area contributed by atoms with E-state index >= 15 is 0 Å². The number of carbonyl (C=O) groups is 1. The maximum Gasteiger partial charge on any atom is 0.255 e. The van der Waals surface area contributed by atoms with Gasteiger partial charge in [-0.15, -0.1) is 0 Å². The summed E-state index contributed by atoms with van der Waals surface area (Å²) >= 11 is 0. The topological polar surface area (TPSA) is 29.5 Å². The van der Waals surface area contributed by atoms with Crippen molar-refractivity contribution < 1.29 is 9.53 Å².